The van der Waals surface area contributed by atoms with Crippen LogP contribution in [0.1, 0.15) is 11.1 Å². The van der Waals surface area contributed by atoms with Gasteiger partial charge in [-0.3, -0.25) is 0 Å². The summed E-state index contributed by atoms with van der Waals surface area (Å²) in [5.41, 5.74) is 2.65. The monoisotopic (exact) mass is 260 g/mol. The zero-order valence-electron chi connectivity index (χ0n) is 9.04. The van der Waals surface area contributed by atoms with Gasteiger partial charge in [-0.2, -0.15) is 0 Å². The number of fused-ring (bicyclic) bond motifs is 1. The summed E-state index contributed by atoms with van der Waals surface area (Å²) in [7, 11) is 0. The maximum absolute atomic E-state index is 2.22. The molecule has 71 valence electrons. The third-order valence-electron chi connectivity index (χ3n) is 2.15. The van der Waals surface area contributed by atoms with Gasteiger partial charge in [0.1, 0.15) is 0 Å². The Balaban J connectivity index is 0.000000845. The van der Waals surface area contributed by atoms with Gasteiger partial charge in [0, 0.05) is 32.7 Å². The standard InChI is InChI=1S/C12H12.CH3.Y/c1-9-3-5-12-8-10(2)4-6-11(12)7-9;;/h3-8H,1-2H3;1H3;/q;-1;. The molecule has 1 radical (unpaired) electrons. The summed E-state index contributed by atoms with van der Waals surface area (Å²) in [5.74, 6) is 0. The Labute approximate surface area is 112 Å². The van der Waals surface area contributed by atoms with Gasteiger partial charge < -0.3 is 7.43 Å². The van der Waals surface area contributed by atoms with E-state index in [1.807, 2.05) is 0 Å². The van der Waals surface area contributed by atoms with Gasteiger partial charge in [-0.25, -0.2) is 0 Å². The molecule has 0 bridgehead atoms. The normalized spacial score (nSPS) is 9.00. The first-order chi connectivity index (χ1) is 5.75. The van der Waals surface area contributed by atoms with Crippen LogP contribution < -0.4 is 0 Å². The van der Waals surface area contributed by atoms with Crippen molar-refractivity contribution in [2.45, 2.75) is 13.8 Å². The zero-order valence-corrected chi connectivity index (χ0v) is 11.9. The first kappa shape index (κ1) is 13.8. The van der Waals surface area contributed by atoms with Crippen molar-refractivity contribution in [1.29, 1.82) is 0 Å². The minimum atomic E-state index is 0. The topological polar surface area (TPSA) is 0 Å². The van der Waals surface area contributed by atoms with Crippen LogP contribution in [0.3, 0.4) is 0 Å². The van der Waals surface area contributed by atoms with E-state index in [1.165, 1.54) is 21.9 Å². The minimum absolute atomic E-state index is 0. The molecule has 0 nitrogen and oxygen atoms in total. The van der Waals surface area contributed by atoms with E-state index in [0.29, 0.717) is 0 Å². The molecule has 0 heterocycles. The number of aryl methyl sites for hydroxylation is 2. The van der Waals surface area contributed by atoms with Crippen molar-refractivity contribution in [2.24, 2.45) is 0 Å². The van der Waals surface area contributed by atoms with Gasteiger partial charge in [0.15, 0.2) is 0 Å². The average molecular weight is 260 g/mol. The molecule has 0 spiro atoms. The van der Waals surface area contributed by atoms with Gasteiger partial charge in [0.25, 0.3) is 0 Å². The molecule has 2 aromatic rings. The molecule has 0 N–H and O–H groups in total. The van der Waals surface area contributed by atoms with Crippen molar-refractivity contribution >= 4 is 10.8 Å². The molecule has 0 atom stereocenters. The van der Waals surface area contributed by atoms with E-state index in [4.69, 9.17) is 0 Å². The fourth-order valence-electron chi connectivity index (χ4n) is 1.48. The van der Waals surface area contributed by atoms with Crippen LogP contribution in [0.2, 0.25) is 0 Å². The minimum Gasteiger partial charge on any atom is -0.358 e. The van der Waals surface area contributed by atoms with Gasteiger partial charge in [0.2, 0.25) is 0 Å². The van der Waals surface area contributed by atoms with Crippen molar-refractivity contribution in [2.75, 3.05) is 0 Å². The van der Waals surface area contributed by atoms with Crippen molar-refractivity contribution in [3.8, 4) is 0 Å². The molecule has 0 aromatic heterocycles. The third kappa shape index (κ3) is 2.90. The third-order valence-corrected chi connectivity index (χ3v) is 2.15. The van der Waals surface area contributed by atoms with Gasteiger partial charge in [-0.05, 0) is 24.6 Å². The van der Waals surface area contributed by atoms with Crippen LogP contribution in [0.25, 0.3) is 10.8 Å². The quantitative estimate of drug-likeness (QED) is 0.630. The van der Waals surface area contributed by atoms with Crippen LogP contribution in [0.15, 0.2) is 36.4 Å². The molecule has 0 saturated heterocycles. The Morgan fingerprint density at radius 2 is 1.07 bits per heavy atom. The van der Waals surface area contributed by atoms with E-state index < -0.39 is 0 Å². The van der Waals surface area contributed by atoms with E-state index in [0.717, 1.165) is 0 Å². The maximum Gasteiger partial charge on any atom is 0 e. The number of benzene rings is 2. The zero-order chi connectivity index (χ0) is 8.55. The fourth-order valence-corrected chi connectivity index (χ4v) is 1.48. The summed E-state index contributed by atoms with van der Waals surface area (Å²) in [4.78, 5) is 0. The van der Waals surface area contributed by atoms with Crippen LogP contribution in [0.4, 0.5) is 0 Å². The van der Waals surface area contributed by atoms with Crippen LogP contribution in [0.5, 0.6) is 0 Å². The van der Waals surface area contributed by atoms with E-state index in [2.05, 4.69) is 50.2 Å². The number of hydrogen-bond acceptors (Lipinski definition) is 0. The molecule has 0 aliphatic rings. The van der Waals surface area contributed by atoms with Crippen LogP contribution in [-0.4, -0.2) is 0 Å². The van der Waals surface area contributed by atoms with Gasteiger partial charge in [-0.15, -0.1) is 0 Å². The van der Waals surface area contributed by atoms with E-state index in [1.54, 1.807) is 0 Å². The molecule has 0 fully saturated rings. The summed E-state index contributed by atoms with van der Waals surface area (Å²) in [6, 6.07) is 13.1. The van der Waals surface area contributed by atoms with Crippen molar-refractivity contribution < 1.29 is 32.7 Å². The van der Waals surface area contributed by atoms with Gasteiger partial charge >= 0.3 is 0 Å². The summed E-state index contributed by atoms with van der Waals surface area (Å²) in [5, 5.41) is 2.67. The van der Waals surface area contributed by atoms with Crippen LogP contribution in [-0.2, 0) is 32.7 Å². The SMILES string of the molecule is Cc1ccc2cc(C)ccc2c1.[CH3-].[Y]. The first-order valence-electron chi connectivity index (χ1n) is 4.23. The Hall–Kier alpha value is -0.196. The molecule has 0 amide bonds. The second-order valence-corrected chi connectivity index (χ2v) is 3.35. The average Bonchev–Trinajstić information content (AvgIpc) is 2.05. The molecule has 0 saturated carbocycles. The molecule has 0 aliphatic carbocycles. The largest absolute Gasteiger partial charge is 0.358 e. The summed E-state index contributed by atoms with van der Waals surface area (Å²) in [6.07, 6.45) is 0. The fraction of sp³-hybridized carbons (Fsp3) is 0.154. The van der Waals surface area contributed by atoms with Crippen molar-refractivity contribution in [3.05, 3.63) is 55.0 Å². The molecule has 2 rings (SSSR count). The Bertz CT molecular complexity index is 377. The first-order valence-corrected chi connectivity index (χ1v) is 4.23. The number of rotatable bonds is 0. The molecule has 14 heavy (non-hydrogen) atoms. The predicted octanol–water partition coefficient (Wildman–Crippen LogP) is 3.90. The van der Waals surface area contributed by atoms with Crippen LogP contribution in [0, 0.1) is 21.3 Å². The van der Waals surface area contributed by atoms with Gasteiger partial charge in [0.05, 0.1) is 0 Å². The summed E-state index contributed by atoms with van der Waals surface area (Å²) < 4.78 is 0. The summed E-state index contributed by atoms with van der Waals surface area (Å²) in [6.45, 7) is 4.25. The smallest absolute Gasteiger partial charge is 0 e. The molecule has 0 unspecified atom stereocenters. The molecule has 1 heteroatoms. The molecular weight excluding hydrogens is 245 g/mol. The molecule has 0 aliphatic heterocycles. The van der Waals surface area contributed by atoms with E-state index in [-0.39, 0.29) is 40.1 Å². The second kappa shape index (κ2) is 5.63. The number of hydrogen-bond donors (Lipinski definition) is 0. The van der Waals surface area contributed by atoms with Crippen molar-refractivity contribution in [3.63, 3.8) is 0 Å². The van der Waals surface area contributed by atoms with E-state index in [9.17, 15) is 0 Å². The Morgan fingerprint density at radius 1 is 0.714 bits per heavy atom. The van der Waals surface area contributed by atoms with Gasteiger partial charge in [-0.1, -0.05) is 47.5 Å². The molecule has 2 aromatic carbocycles. The predicted molar refractivity (Wildman–Crippen MR) is 59.8 cm³/mol. The van der Waals surface area contributed by atoms with E-state index >= 15 is 0 Å². The Kier molecular flexibility index (Phi) is 5.55. The second-order valence-electron chi connectivity index (χ2n) is 3.35. The summed E-state index contributed by atoms with van der Waals surface area (Å²) >= 11 is 0. The maximum atomic E-state index is 2.22. The Morgan fingerprint density at radius 3 is 1.43 bits per heavy atom. The van der Waals surface area contributed by atoms with Crippen molar-refractivity contribution in [1.82, 2.24) is 0 Å². The molecular formula is C13H15Y-. The van der Waals surface area contributed by atoms with Crippen LogP contribution >= 0.6 is 0 Å².